The number of aliphatic hydroxyl groups excluding tert-OH is 2. The van der Waals surface area contributed by atoms with Crippen molar-refractivity contribution in [1.29, 1.82) is 0 Å². The maximum absolute atomic E-state index is 10.3. The van der Waals surface area contributed by atoms with Crippen molar-refractivity contribution >= 4 is 5.97 Å². The summed E-state index contributed by atoms with van der Waals surface area (Å²) in [7, 11) is 0. The lowest BCUT2D eigenvalue weighted by atomic mass is 10.0. The third-order valence-electron chi connectivity index (χ3n) is 2.10. The third kappa shape index (κ3) is 2.62. The van der Waals surface area contributed by atoms with E-state index in [0.717, 1.165) is 0 Å². The number of carboxylic acids is 1. The molecule has 1 aromatic carbocycles. The smallest absolute Gasteiger partial charge is 0.306 e. The molecule has 5 N–H and O–H groups in total. The molecule has 0 saturated heterocycles. The van der Waals surface area contributed by atoms with Gasteiger partial charge >= 0.3 is 5.97 Å². The lowest BCUT2D eigenvalue weighted by molar-refractivity contribution is -0.141. The van der Waals surface area contributed by atoms with E-state index in [2.05, 4.69) is 0 Å². The Bertz CT molecular complexity index is 369. The van der Waals surface area contributed by atoms with E-state index in [9.17, 15) is 25.2 Å². The number of benzene rings is 1. The highest BCUT2D eigenvalue weighted by molar-refractivity contribution is 5.67. The maximum atomic E-state index is 10.3. The Morgan fingerprint density at radius 2 is 1.69 bits per heavy atom. The van der Waals surface area contributed by atoms with Gasteiger partial charge in [0.15, 0.2) is 0 Å². The summed E-state index contributed by atoms with van der Waals surface area (Å²) in [5.41, 5.74) is -0.281. The number of phenolic OH excluding ortho intramolecular Hbond substituents is 2. The van der Waals surface area contributed by atoms with E-state index in [1.165, 1.54) is 18.2 Å². The molecule has 0 fully saturated rings. The first-order valence-electron chi connectivity index (χ1n) is 4.52. The van der Waals surface area contributed by atoms with Crippen molar-refractivity contribution in [2.45, 2.75) is 18.6 Å². The van der Waals surface area contributed by atoms with Crippen LogP contribution in [0.25, 0.3) is 0 Å². The molecule has 0 saturated carbocycles. The second kappa shape index (κ2) is 4.82. The first-order chi connectivity index (χ1) is 7.43. The molecule has 0 aliphatic rings. The van der Waals surface area contributed by atoms with Gasteiger partial charge in [-0.05, 0) is 12.1 Å². The molecule has 6 heteroatoms. The molecular weight excluding hydrogens is 216 g/mol. The summed E-state index contributed by atoms with van der Waals surface area (Å²) >= 11 is 0. The summed E-state index contributed by atoms with van der Waals surface area (Å²) in [6.07, 6.45) is -3.94. The molecule has 2 atom stereocenters. The van der Waals surface area contributed by atoms with Gasteiger partial charge in [-0.2, -0.15) is 0 Å². The van der Waals surface area contributed by atoms with E-state index in [-0.39, 0.29) is 5.56 Å². The van der Waals surface area contributed by atoms with Crippen LogP contribution in [0.1, 0.15) is 18.1 Å². The fraction of sp³-hybridized carbons (Fsp3) is 0.300. The minimum Gasteiger partial charge on any atom is -0.507 e. The number of rotatable bonds is 4. The van der Waals surface area contributed by atoms with Crippen LogP contribution in [0.3, 0.4) is 0 Å². The number of aliphatic carboxylic acids is 1. The number of hydrogen-bond donors (Lipinski definition) is 5. The van der Waals surface area contributed by atoms with E-state index in [4.69, 9.17) is 5.11 Å². The Kier molecular flexibility index (Phi) is 3.70. The van der Waals surface area contributed by atoms with Crippen molar-refractivity contribution in [3.63, 3.8) is 0 Å². The summed E-state index contributed by atoms with van der Waals surface area (Å²) in [6.45, 7) is 0. The topological polar surface area (TPSA) is 118 Å². The van der Waals surface area contributed by atoms with Crippen LogP contribution < -0.4 is 0 Å². The lowest BCUT2D eigenvalue weighted by Gasteiger charge is -2.18. The molecule has 0 bridgehead atoms. The summed E-state index contributed by atoms with van der Waals surface area (Å²) in [4.78, 5) is 10.3. The highest BCUT2D eigenvalue weighted by Crippen LogP contribution is 2.34. The van der Waals surface area contributed by atoms with Crippen LogP contribution in [-0.4, -0.2) is 37.6 Å². The molecule has 16 heavy (non-hydrogen) atoms. The van der Waals surface area contributed by atoms with E-state index < -0.39 is 36.1 Å². The number of carbonyl (C=O) groups is 1. The standard InChI is InChI=1S/C10H12O6/c11-5-2-1-3-6(12)9(5)10(16)7(13)4-8(14)15/h1-3,7,10-13,16H,4H2,(H,14,15). The monoisotopic (exact) mass is 228 g/mol. The Balaban J connectivity index is 2.95. The van der Waals surface area contributed by atoms with Gasteiger partial charge in [0.05, 0.1) is 18.1 Å². The molecule has 0 aliphatic heterocycles. The zero-order valence-electron chi connectivity index (χ0n) is 8.24. The second-order valence-corrected chi connectivity index (χ2v) is 3.32. The Morgan fingerprint density at radius 3 is 2.12 bits per heavy atom. The summed E-state index contributed by atoms with van der Waals surface area (Å²) in [5.74, 6) is -2.10. The van der Waals surface area contributed by atoms with Crippen molar-refractivity contribution in [2.75, 3.05) is 0 Å². The molecule has 0 heterocycles. The number of aliphatic hydroxyl groups is 2. The van der Waals surface area contributed by atoms with Crippen molar-refractivity contribution < 1.29 is 30.3 Å². The van der Waals surface area contributed by atoms with Crippen molar-refractivity contribution in [2.24, 2.45) is 0 Å². The largest absolute Gasteiger partial charge is 0.507 e. The second-order valence-electron chi connectivity index (χ2n) is 3.32. The summed E-state index contributed by atoms with van der Waals surface area (Å²) in [5, 5.41) is 46.1. The zero-order valence-corrected chi connectivity index (χ0v) is 8.24. The molecule has 0 spiro atoms. The maximum Gasteiger partial charge on any atom is 0.306 e. The van der Waals surface area contributed by atoms with Gasteiger partial charge in [0.25, 0.3) is 0 Å². The van der Waals surface area contributed by atoms with E-state index >= 15 is 0 Å². The lowest BCUT2D eigenvalue weighted by Crippen LogP contribution is -2.21. The van der Waals surface area contributed by atoms with Gasteiger partial charge in [0.2, 0.25) is 0 Å². The van der Waals surface area contributed by atoms with Crippen molar-refractivity contribution in [3.05, 3.63) is 23.8 Å². The van der Waals surface area contributed by atoms with Crippen molar-refractivity contribution in [3.8, 4) is 11.5 Å². The molecule has 0 amide bonds. The number of phenols is 2. The summed E-state index contributed by atoms with van der Waals surface area (Å²) < 4.78 is 0. The molecule has 0 aromatic heterocycles. The molecular formula is C10H12O6. The highest BCUT2D eigenvalue weighted by Gasteiger charge is 2.26. The van der Waals surface area contributed by atoms with E-state index in [1.807, 2.05) is 0 Å². The fourth-order valence-corrected chi connectivity index (χ4v) is 1.33. The number of aromatic hydroxyl groups is 2. The predicted molar refractivity (Wildman–Crippen MR) is 53.0 cm³/mol. The minimum absolute atomic E-state index is 0.281. The van der Waals surface area contributed by atoms with E-state index in [1.54, 1.807) is 0 Å². The Hall–Kier alpha value is -1.79. The van der Waals surface area contributed by atoms with Gasteiger partial charge in [0.1, 0.15) is 17.6 Å². The Labute approximate surface area is 91.0 Å². The molecule has 0 aliphatic carbocycles. The van der Waals surface area contributed by atoms with Gasteiger partial charge < -0.3 is 25.5 Å². The molecule has 88 valence electrons. The highest BCUT2D eigenvalue weighted by atomic mass is 16.4. The first kappa shape index (κ1) is 12.3. The summed E-state index contributed by atoms with van der Waals surface area (Å²) in [6, 6.07) is 3.78. The van der Waals surface area contributed by atoms with Crippen LogP contribution in [-0.2, 0) is 4.79 Å². The van der Waals surface area contributed by atoms with Gasteiger partial charge in [-0.3, -0.25) is 4.79 Å². The van der Waals surface area contributed by atoms with Crippen LogP contribution in [0.2, 0.25) is 0 Å². The molecule has 1 aromatic rings. The normalized spacial score (nSPS) is 14.4. The van der Waals surface area contributed by atoms with Gasteiger partial charge in [-0.25, -0.2) is 0 Å². The van der Waals surface area contributed by atoms with Crippen LogP contribution in [0.15, 0.2) is 18.2 Å². The fourth-order valence-electron chi connectivity index (χ4n) is 1.33. The van der Waals surface area contributed by atoms with E-state index in [0.29, 0.717) is 0 Å². The average molecular weight is 228 g/mol. The minimum atomic E-state index is -1.66. The van der Waals surface area contributed by atoms with Crippen molar-refractivity contribution in [1.82, 2.24) is 0 Å². The third-order valence-corrected chi connectivity index (χ3v) is 2.10. The average Bonchev–Trinajstić information content (AvgIpc) is 2.16. The molecule has 0 radical (unpaired) electrons. The quantitative estimate of drug-likeness (QED) is 0.493. The van der Waals surface area contributed by atoms with Gasteiger partial charge in [-0.15, -0.1) is 0 Å². The molecule has 2 unspecified atom stereocenters. The van der Waals surface area contributed by atoms with Gasteiger partial charge in [-0.1, -0.05) is 6.07 Å². The van der Waals surface area contributed by atoms with Crippen LogP contribution in [0.5, 0.6) is 11.5 Å². The molecule has 1 rings (SSSR count). The SMILES string of the molecule is O=C(O)CC(O)C(O)c1c(O)cccc1O. The predicted octanol–water partition coefficient (Wildman–Crippen LogP) is -0.0332. The molecule has 6 nitrogen and oxygen atoms in total. The Morgan fingerprint density at radius 1 is 1.19 bits per heavy atom. The zero-order chi connectivity index (χ0) is 12.3. The van der Waals surface area contributed by atoms with Crippen LogP contribution in [0, 0.1) is 0 Å². The van der Waals surface area contributed by atoms with Crippen LogP contribution >= 0.6 is 0 Å². The number of carboxylic acid groups (broad SMARTS) is 1. The first-order valence-corrected chi connectivity index (χ1v) is 4.52. The number of hydrogen-bond acceptors (Lipinski definition) is 5. The van der Waals surface area contributed by atoms with Crippen LogP contribution in [0.4, 0.5) is 0 Å². The van der Waals surface area contributed by atoms with Gasteiger partial charge in [0, 0.05) is 0 Å².